The van der Waals surface area contributed by atoms with E-state index in [9.17, 15) is 4.79 Å². The molecule has 2 nitrogen and oxygen atoms in total. The average molecular weight is 143 g/mol. The molecule has 0 N–H and O–H groups in total. The minimum atomic E-state index is 0.153. The van der Waals surface area contributed by atoms with Gasteiger partial charge in [0.2, 0.25) is 5.91 Å². The molecular formula is C8H17NO. The maximum Gasteiger partial charge on any atom is 0.219 e. The summed E-state index contributed by atoms with van der Waals surface area (Å²) in [5, 5.41) is 0. The lowest BCUT2D eigenvalue weighted by atomic mass is 10.1. The quantitative estimate of drug-likeness (QED) is 0.586. The zero-order valence-corrected chi connectivity index (χ0v) is 7.35. The Morgan fingerprint density at radius 2 is 2.00 bits per heavy atom. The first-order valence-corrected chi connectivity index (χ1v) is 3.75. The number of nitrogens with zero attached hydrogens (tertiary/aromatic N) is 1. The Bertz CT molecular complexity index is 110. The zero-order valence-electron chi connectivity index (χ0n) is 7.35. The van der Waals surface area contributed by atoms with Crippen molar-refractivity contribution in [2.75, 3.05) is 13.6 Å². The van der Waals surface area contributed by atoms with Crippen LogP contribution in [0.25, 0.3) is 0 Å². The van der Waals surface area contributed by atoms with Crippen LogP contribution >= 0.6 is 0 Å². The van der Waals surface area contributed by atoms with Crippen molar-refractivity contribution in [3.63, 3.8) is 0 Å². The van der Waals surface area contributed by atoms with Gasteiger partial charge in [0, 0.05) is 20.5 Å². The zero-order chi connectivity index (χ0) is 8.15. The number of hydrogen-bond donors (Lipinski definition) is 0. The number of rotatable bonds is 3. The highest BCUT2D eigenvalue weighted by Gasteiger charge is 2.01. The SMILES string of the molecule is CC(=O)N(C)CCC(C)C. The van der Waals surface area contributed by atoms with Gasteiger partial charge in [-0.1, -0.05) is 13.8 Å². The molecule has 0 spiro atoms. The first kappa shape index (κ1) is 9.47. The van der Waals surface area contributed by atoms with Crippen LogP contribution in [0.15, 0.2) is 0 Å². The molecule has 0 radical (unpaired) electrons. The van der Waals surface area contributed by atoms with Crippen molar-refractivity contribution in [3.05, 3.63) is 0 Å². The molecule has 0 aliphatic heterocycles. The van der Waals surface area contributed by atoms with E-state index in [1.807, 2.05) is 7.05 Å². The van der Waals surface area contributed by atoms with Crippen LogP contribution in [0.3, 0.4) is 0 Å². The molecular weight excluding hydrogens is 126 g/mol. The average Bonchev–Trinajstić information content (AvgIpc) is 1.82. The molecule has 60 valence electrons. The number of amides is 1. The van der Waals surface area contributed by atoms with E-state index in [-0.39, 0.29) is 5.91 Å². The highest BCUT2D eigenvalue weighted by molar-refractivity contribution is 5.72. The molecule has 0 aromatic carbocycles. The second-order valence-electron chi connectivity index (χ2n) is 3.12. The Kier molecular flexibility index (Phi) is 4.08. The van der Waals surface area contributed by atoms with Crippen LogP contribution in [0.2, 0.25) is 0 Å². The fraction of sp³-hybridized carbons (Fsp3) is 0.875. The highest BCUT2D eigenvalue weighted by atomic mass is 16.2. The van der Waals surface area contributed by atoms with Gasteiger partial charge >= 0.3 is 0 Å². The fourth-order valence-corrected chi connectivity index (χ4v) is 0.609. The van der Waals surface area contributed by atoms with Crippen molar-refractivity contribution in [2.24, 2.45) is 5.92 Å². The summed E-state index contributed by atoms with van der Waals surface area (Å²) in [4.78, 5) is 12.4. The molecule has 0 aromatic heterocycles. The molecule has 2 heteroatoms. The second-order valence-corrected chi connectivity index (χ2v) is 3.12. The van der Waals surface area contributed by atoms with Crippen LogP contribution in [0.5, 0.6) is 0 Å². The Labute approximate surface area is 63.2 Å². The second kappa shape index (κ2) is 4.31. The highest BCUT2D eigenvalue weighted by Crippen LogP contribution is 1.99. The standard InChI is InChI=1S/C8H17NO/c1-7(2)5-6-9(4)8(3)10/h7H,5-6H2,1-4H3. The third-order valence-corrected chi connectivity index (χ3v) is 1.58. The number of carbonyl (C=O) groups is 1. The topological polar surface area (TPSA) is 20.3 Å². The summed E-state index contributed by atoms with van der Waals surface area (Å²) in [6, 6.07) is 0. The summed E-state index contributed by atoms with van der Waals surface area (Å²) >= 11 is 0. The lowest BCUT2D eigenvalue weighted by molar-refractivity contribution is -0.127. The van der Waals surface area contributed by atoms with Crippen molar-refractivity contribution >= 4 is 5.91 Å². The largest absolute Gasteiger partial charge is 0.346 e. The lowest BCUT2D eigenvalue weighted by Gasteiger charge is -2.15. The van der Waals surface area contributed by atoms with Gasteiger partial charge in [0.05, 0.1) is 0 Å². The first-order valence-electron chi connectivity index (χ1n) is 3.75. The van der Waals surface area contributed by atoms with Crippen molar-refractivity contribution < 1.29 is 4.79 Å². The van der Waals surface area contributed by atoms with E-state index in [0.717, 1.165) is 13.0 Å². The van der Waals surface area contributed by atoms with Gasteiger partial charge in [-0.05, 0) is 12.3 Å². The molecule has 0 aliphatic carbocycles. The molecule has 0 saturated carbocycles. The summed E-state index contributed by atoms with van der Waals surface area (Å²) in [6.07, 6.45) is 1.09. The summed E-state index contributed by atoms with van der Waals surface area (Å²) in [5.41, 5.74) is 0. The predicted octanol–water partition coefficient (Wildman–Crippen LogP) is 1.51. The summed E-state index contributed by atoms with van der Waals surface area (Å²) in [7, 11) is 1.84. The molecule has 0 aliphatic rings. The number of hydrogen-bond acceptors (Lipinski definition) is 1. The van der Waals surface area contributed by atoms with Gasteiger partial charge < -0.3 is 4.90 Å². The smallest absolute Gasteiger partial charge is 0.219 e. The van der Waals surface area contributed by atoms with E-state index in [1.165, 1.54) is 0 Å². The molecule has 0 saturated heterocycles. The van der Waals surface area contributed by atoms with Crippen molar-refractivity contribution in [3.8, 4) is 0 Å². The van der Waals surface area contributed by atoms with Crippen LogP contribution < -0.4 is 0 Å². The Balaban J connectivity index is 3.40. The molecule has 0 aromatic rings. The molecule has 1 amide bonds. The Morgan fingerprint density at radius 1 is 1.50 bits per heavy atom. The van der Waals surface area contributed by atoms with Crippen LogP contribution in [-0.4, -0.2) is 24.4 Å². The Morgan fingerprint density at radius 3 is 2.30 bits per heavy atom. The summed E-state index contributed by atoms with van der Waals surface area (Å²) in [5.74, 6) is 0.836. The summed E-state index contributed by atoms with van der Waals surface area (Å²) < 4.78 is 0. The van der Waals surface area contributed by atoms with Gasteiger partial charge in [0.25, 0.3) is 0 Å². The first-order chi connectivity index (χ1) is 4.54. The van der Waals surface area contributed by atoms with Crippen LogP contribution in [-0.2, 0) is 4.79 Å². The fourth-order valence-electron chi connectivity index (χ4n) is 0.609. The molecule has 0 atom stereocenters. The molecule has 0 bridgehead atoms. The van der Waals surface area contributed by atoms with Gasteiger partial charge in [0.15, 0.2) is 0 Å². The van der Waals surface area contributed by atoms with Crippen LogP contribution in [0.4, 0.5) is 0 Å². The van der Waals surface area contributed by atoms with Gasteiger partial charge in [-0.15, -0.1) is 0 Å². The predicted molar refractivity (Wildman–Crippen MR) is 42.8 cm³/mol. The molecule has 0 rings (SSSR count). The van der Waals surface area contributed by atoms with Gasteiger partial charge in [0.1, 0.15) is 0 Å². The van der Waals surface area contributed by atoms with E-state index in [0.29, 0.717) is 5.92 Å². The maximum atomic E-state index is 10.7. The normalized spacial score (nSPS) is 10.1. The minimum absolute atomic E-state index is 0.153. The van der Waals surface area contributed by atoms with Crippen molar-refractivity contribution in [1.29, 1.82) is 0 Å². The van der Waals surface area contributed by atoms with E-state index in [1.54, 1.807) is 11.8 Å². The summed E-state index contributed by atoms with van der Waals surface area (Å²) in [6.45, 7) is 6.80. The minimum Gasteiger partial charge on any atom is -0.346 e. The van der Waals surface area contributed by atoms with Crippen LogP contribution in [0, 0.1) is 5.92 Å². The van der Waals surface area contributed by atoms with E-state index >= 15 is 0 Å². The van der Waals surface area contributed by atoms with Crippen molar-refractivity contribution in [1.82, 2.24) is 4.90 Å². The van der Waals surface area contributed by atoms with E-state index in [4.69, 9.17) is 0 Å². The molecule has 0 fully saturated rings. The number of carbonyl (C=O) groups excluding carboxylic acids is 1. The Hall–Kier alpha value is -0.530. The maximum absolute atomic E-state index is 10.7. The third-order valence-electron chi connectivity index (χ3n) is 1.58. The van der Waals surface area contributed by atoms with Crippen molar-refractivity contribution in [2.45, 2.75) is 27.2 Å². The third kappa shape index (κ3) is 4.36. The monoisotopic (exact) mass is 143 g/mol. The molecule has 0 heterocycles. The van der Waals surface area contributed by atoms with Gasteiger partial charge in [-0.2, -0.15) is 0 Å². The van der Waals surface area contributed by atoms with E-state index < -0.39 is 0 Å². The molecule has 10 heavy (non-hydrogen) atoms. The van der Waals surface area contributed by atoms with Crippen LogP contribution in [0.1, 0.15) is 27.2 Å². The van der Waals surface area contributed by atoms with Gasteiger partial charge in [-0.25, -0.2) is 0 Å². The lowest BCUT2D eigenvalue weighted by Crippen LogP contribution is -2.25. The molecule has 0 unspecified atom stereocenters. The van der Waals surface area contributed by atoms with Gasteiger partial charge in [-0.3, -0.25) is 4.79 Å². The van der Waals surface area contributed by atoms with E-state index in [2.05, 4.69) is 13.8 Å².